The molecule has 1 rings (SSSR count). The Morgan fingerprint density at radius 3 is 3.00 bits per heavy atom. The van der Waals surface area contributed by atoms with Gasteiger partial charge in [0.05, 0.1) is 5.56 Å². The molecule has 0 aliphatic heterocycles. The first-order valence-corrected chi connectivity index (χ1v) is 4.84. The van der Waals surface area contributed by atoms with Crippen LogP contribution in [0.5, 0.6) is 0 Å². The zero-order valence-electron chi connectivity index (χ0n) is 8.73. The van der Waals surface area contributed by atoms with Crippen LogP contribution in [0.25, 0.3) is 0 Å². The van der Waals surface area contributed by atoms with E-state index in [1.807, 2.05) is 19.1 Å². The lowest BCUT2D eigenvalue weighted by Gasteiger charge is -2.13. The first-order chi connectivity index (χ1) is 7.13. The first-order valence-electron chi connectivity index (χ1n) is 4.84. The Morgan fingerprint density at radius 2 is 2.40 bits per heavy atom. The van der Waals surface area contributed by atoms with E-state index >= 15 is 0 Å². The van der Waals surface area contributed by atoms with Crippen LogP contribution in [0.15, 0.2) is 36.9 Å². The molecule has 0 saturated heterocycles. The van der Waals surface area contributed by atoms with Crippen LogP contribution in [-0.4, -0.2) is 17.1 Å². The summed E-state index contributed by atoms with van der Waals surface area (Å²) in [6.45, 7) is 5.68. The molecule has 0 heterocycles. The Kier molecular flexibility index (Phi) is 3.92. The average Bonchev–Trinajstić information content (AvgIpc) is 2.18. The number of aromatic carboxylic acids is 1. The highest BCUT2D eigenvalue weighted by molar-refractivity contribution is 5.88. The minimum atomic E-state index is -0.907. The number of hydrogen-bond acceptors (Lipinski definition) is 2. The van der Waals surface area contributed by atoms with Crippen molar-refractivity contribution in [1.82, 2.24) is 0 Å². The van der Waals surface area contributed by atoms with Crippen molar-refractivity contribution in [2.45, 2.75) is 19.4 Å². The van der Waals surface area contributed by atoms with E-state index < -0.39 is 5.97 Å². The van der Waals surface area contributed by atoms with E-state index in [-0.39, 0.29) is 6.04 Å². The Morgan fingerprint density at radius 1 is 1.67 bits per heavy atom. The van der Waals surface area contributed by atoms with Crippen molar-refractivity contribution in [3.8, 4) is 0 Å². The largest absolute Gasteiger partial charge is 0.478 e. The van der Waals surface area contributed by atoms with Crippen LogP contribution in [0.3, 0.4) is 0 Å². The Bertz CT molecular complexity index is 360. The summed E-state index contributed by atoms with van der Waals surface area (Å²) in [6.07, 6.45) is 2.68. The van der Waals surface area contributed by atoms with Crippen LogP contribution in [0.4, 0.5) is 5.69 Å². The third kappa shape index (κ3) is 3.46. The Hall–Kier alpha value is -1.77. The van der Waals surface area contributed by atoms with Crippen LogP contribution >= 0.6 is 0 Å². The number of carboxylic acids is 1. The van der Waals surface area contributed by atoms with E-state index in [2.05, 4.69) is 11.9 Å². The van der Waals surface area contributed by atoms with Gasteiger partial charge in [0.15, 0.2) is 0 Å². The third-order valence-electron chi connectivity index (χ3n) is 2.04. The summed E-state index contributed by atoms with van der Waals surface area (Å²) in [5.74, 6) is -0.907. The van der Waals surface area contributed by atoms with Crippen LogP contribution in [-0.2, 0) is 0 Å². The van der Waals surface area contributed by atoms with Gasteiger partial charge in [-0.1, -0.05) is 12.1 Å². The van der Waals surface area contributed by atoms with Crippen molar-refractivity contribution >= 4 is 11.7 Å². The molecule has 15 heavy (non-hydrogen) atoms. The van der Waals surface area contributed by atoms with Crippen LogP contribution in [0.1, 0.15) is 23.7 Å². The molecule has 1 aromatic carbocycles. The maximum atomic E-state index is 10.7. The number of anilines is 1. The standard InChI is InChI=1S/C12H15NO2/c1-3-5-9(2)13-11-7-4-6-10(8-11)12(14)15/h3-4,6-9,13H,1,5H2,2H3,(H,14,15). The van der Waals surface area contributed by atoms with Gasteiger partial charge in [0.1, 0.15) is 0 Å². The van der Waals surface area contributed by atoms with Gasteiger partial charge in [0, 0.05) is 11.7 Å². The fourth-order valence-corrected chi connectivity index (χ4v) is 1.34. The van der Waals surface area contributed by atoms with Crippen molar-refractivity contribution in [2.75, 3.05) is 5.32 Å². The first kappa shape index (κ1) is 11.3. The normalized spacial score (nSPS) is 11.8. The predicted octanol–water partition coefficient (Wildman–Crippen LogP) is 2.76. The smallest absolute Gasteiger partial charge is 0.335 e. The monoisotopic (exact) mass is 205 g/mol. The summed E-state index contributed by atoms with van der Waals surface area (Å²) >= 11 is 0. The quantitative estimate of drug-likeness (QED) is 0.727. The van der Waals surface area contributed by atoms with Crippen molar-refractivity contribution in [2.24, 2.45) is 0 Å². The van der Waals surface area contributed by atoms with Gasteiger partial charge in [-0.15, -0.1) is 6.58 Å². The molecule has 3 heteroatoms. The Labute approximate surface area is 89.4 Å². The minimum Gasteiger partial charge on any atom is -0.478 e. The van der Waals surface area contributed by atoms with Crippen LogP contribution in [0.2, 0.25) is 0 Å². The summed E-state index contributed by atoms with van der Waals surface area (Å²) in [4.78, 5) is 10.7. The zero-order valence-corrected chi connectivity index (χ0v) is 8.73. The maximum Gasteiger partial charge on any atom is 0.335 e. The van der Waals surface area contributed by atoms with E-state index in [0.29, 0.717) is 5.56 Å². The molecule has 0 fully saturated rings. The number of carboxylic acid groups (broad SMARTS) is 1. The van der Waals surface area contributed by atoms with Gasteiger partial charge in [-0.2, -0.15) is 0 Å². The molecule has 80 valence electrons. The summed E-state index contributed by atoms with van der Waals surface area (Å²) in [6, 6.07) is 7.04. The fourth-order valence-electron chi connectivity index (χ4n) is 1.34. The number of nitrogens with one attached hydrogen (secondary N) is 1. The zero-order chi connectivity index (χ0) is 11.3. The highest BCUT2D eigenvalue weighted by Crippen LogP contribution is 2.12. The lowest BCUT2D eigenvalue weighted by molar-refractivity contribution is 0.0697. The van der Waals surface area contributed by atoms with E-state index in [0.717, 1.165) is 12.1 Å². The molecule has 0 aromatic heterocycles. The van der Waals surface area contributed by atoms with Crippen molar-refractivity contribution in [3.63, 3.8) is 0 Å². The number of benzene rings is 1. The highest BCUT2D eigenvalue weighted by atomic mass is 16.4. The van der Waals surface area contributed by atoms with Crippen molar-refractivity contribution < 1.29 is 9.90 Å². The van der Waals surface area contributed by atoms with Crippen molar-refractivity contribution in [1.29, 1.82) is 0 Å². The molecular weight excluding hydrogens is 190 g/mol. The molecule has 1 unspecified atom stereocenters. The van der Waals surface area contributed by atoms with Gasteiger partial charge >= 0.3 is 5.97 Å². The minimum absolute atomic E-state index is 0.256. The second kappa shape index (κ2) is 5.20. The maximum absolute atomic E-state index is 10.7. The molecule has 1 aromatic rings. The van der Waals surface area contributed by atoms with E-state index in [1.165, 1.54) is 0 Å². The number of hydrogen-bond donors (Lipinski definition) is 2. The Balaban J connectivity index is 2.73. The van der Waals surface area contributed by atoms with Crippen LogP contribution < -0.4 is 5.32 Å². The molecule has 3 nitrogen and oxygen atoms in total. The molecule has 1 atom stereocenters. The van der Waals surface area contributed by atoms with Gasteiger partial charge in [0.25, 0.3) is 0 Å². The van der Waals surface area contributed by atoms with Gasteiger partial charge in [-0.25, -0.2) is 4.79 Å². The summed E-state index contributed by atoms with van der Waals surface area (Å²) < 4.78 is 0. The molecule has 0 radical (unpaired) electrons. The van der Waals surface area contributed by atoms with E-state index in [4.69, 9.17) is 5.11 Å². The van der Waals surface area contributed by atoms with Gasteiger partial charge in [-0.3, -0.25) is 0 Å². The molecule has 0 saturated carbocycles. The number of carbonyl (C=O) groups is 1. The second-order valence-electron chi connectivity index (χ2n) is 3.46. The molecular formula is C12H15NO2. The lowest BCUT2D eigenvalue weighted by atomic mass is 10.1. The molecule has 0 bridgehead atoms. The van der Waals surface area contributed by atoms with E-state index in [9.17, 15) is 4.79 Å². The highest BCUT2D eigenvalue weighted by Gasteiger charge is 2.04. The summed E-state index contributed by atoms with van der Waals surface area (Å²) in [5.41, 5.74) is 1.12. The topological polar surface area (TPSA) is 49.3 Å². The molecule has 2 N–H and O–H groups in total. The van der Waals surface area contributed by atoms with E-state index in [1.54, 1.807) is 18.2 Å². The average molecular weight is 205 g/mol. The number of rotatable bonds is 5. The van der Waals surface area contributed by atoms with Gasteiger partial charge in [-0.05, 0) is 31.5 Å². The molecule has 0 aliphatic rings. The predicted molar refractivity (Wildman–Crippen MR) is 61.3 cm³/mol. The van der Waals surface area contributed by atoms with Gasteiger partial charge in [0.2, 0.25) is 0 Å². The SMILES string of the molecule is C=CCC(C)Nc1cccc(C(=O)O)c1. The fraction of sp³-hybridized carbons (Fsp3) is 0.250. The second-order valence-corrected chi connectivity index (χ2v) is 3.46. The summed E-state index contributed by atoms with van der Waals surface area (Å²) in [7, 11) is 0. The summed E-state index contributed by atoms with van der Waals surface area (Å²) in [5, 5.41) is 12.0. The molecule has 0 aliphatic carbocycles. The lowest BCUT2D eigenvalue weighted by Crippen LogP contribution is -2.14. The van der Waals surface area contributed by atoms with Gasteiger partial charge < -0.3 is 10.4 Å². The third-order valence-corrected chi connectivity index (χ3v) is 2.04. The molecule has 0 spiro atoms. The van der Waals surface area contributed by atoms with Crippen molar-refractivity contribution in [3.05, 3.63) is 42.5 Å². The van der Waals surface area contributed by atoms with Crippen LogP contribution in [0, 0.1) is 0 Å². The molecule has 0 amide bonds.